The summed E-state index contributed by atoms with van der Waals surface area (Å²) in [5.41, 5.74) is 6.68. The highest BCUT2D eigenvalue weighted by molar-refractivity contribution is 7.46. The van der Waals surface area contributed by atoms with Gasteiger partial charge in [0.15, 0.2) is 11.5 Å². The number of hydrogen-bond acceptors (Lipinski definition) is 6. The average molecular weight is 322 g/mol. The highest BCUT2D eigenvalue weighted by Gasteiger charge is 2.13. The summed E-state index contributed by atoms with van der Waals surface area (Å²) in [7, 11) is -4.39. The predicted molar refractivity (Wildman–Crippen MR) is 72.0 cm³/mol. The standard InChI is InChI=1S/C9H13ClN5O4P/c10-9-13-7(11)6-8(14-9)15(5-12-6)3-1-2-4-19-20(16,17)18/h5H,1-4H2,(H2,11,13,14)(H2,16,17,18). The van der Waals surface area contributed by atoms with Crippen molar-refractivity contribution in [1.82, 2.24) is 19.5 Å². The van der Waals surface area contributed by atoms with Crippen LogP contribution in [0.1, 0.15) is 12.8 Å². The molecule has 0 aliphatic heterocycles. The summed E-state index contributed by atoms with van der Waals surface area (Å²) in [4.78, 5) is 29.0. The monoisotopic (exact) mass is 321 g/mol. The summed E-state index contributed by atoms with van der Waals surface area (Å²) in [6.45, 7) is 0.530. The Morgan fingerprint density at radius 3 is 2.85 bits per heavy atom. The van der Waals surface area contributed by atoms with Crippen LogP contribution in [0.15, 0.2) is 6.33 Å². The van der Waals surface area contributed by atoms with Crippen LogP contribution in [0.2, 0.25) is 5.28 Å². The number of anilines is 1. The topological polar surface area (TPSA) is 136 Å². The van der Waals surface area contributed by atoms with Crippen molar-refractivity contribution in [3.8, 4) is 0 Å². The van der Waals surface area contributed by atoms with Gasteiger partial charge in [0.2, 0.25) is 5.28 Å². The predicted octanol–water partition coefficient (Wildman–Crippen LogP) is 0.951. The third-order valence-electron chi connectivity index (χ3n) is 2.52. The van der Waals surface area contributed by atoms with Crippen molar-refractivity contribution < 1.29 is 18.9 Å². The lowest BCUT2D eigenvalue weighted by atomic mass is 10.3. The Labute approximate surface area is 119 Å². The third kappa shape index (κ3) is 3.87. The summed E-state index contributed by atoms with van der Waals surface area (Å²) in [6, 6.07) is 0. The van der Waals surface area contributed by atoms with Gasteiger partial charge in [0, 0.05) is 6.54 Å². The van der Waals surface area contributed by atoms with E-state index in [1.54, 1.807) is 10.9 Å². The summed E-state index contributed by atoms with van der Waals surface area (Å²) < 4.78 is 16.6. The fourth-order valence-corrected chi connectivity index (χ4v) is 2.21. The Bertz CT molecular complexity index is 657. The normalized spacial score (nSPS) is 12.2. The molecule has 0 aromatic carbocycles. The Morgan fingerprint density at radius 2 is 2.15 bits per heavy atom. The number of halogens is 1. The second-order valence-electron chi connectivity index (χ2n) is 4.02. The summed E-state index contributed by atoms with van der Waals surface area (Å²) in [5, 5.41) is 0.0431. The maximum Gasteiger partial charge on any atom is 0.469 e. The van der Waals surface area contributed by atoms with Crippen molar-refractivity contribution in [2.24, 2.45) is 0 Å². The molecule has 11 heteroatoms. The van der Waals surface area contributed by atoms with Crippen LogP contribution in [0, 0.1) is 0 Å². The van der Waals surface area contributed by atoms with Crippen LogP contribution < -0.4 is 5.73 Å². The zero-order valence-corrected chi connectivity index (χ0v) is 12.0. The highest BCUT2D eigenvalue weighted by Crippen LogP contribution is 2.35. The van der Waals surface area contributed by atoms with Crippen molar-refractivity contribution in [3.63, 3.8) is 0 Å². The van der Waals surface area contributed by atoms with Crippen LogP contribution in [0.3, 0.4) is 0 Å². The zero-order chi connectivity index (χ0) is 14.8. The fraction of sp³-hybridized carbons (Fsp3) is 0.444. The first-order chi connectivity index (χ1) is 9.37. The molecule has 2 aromatic heterocycles. The number of nitrogen functional groups attached to an aromatic ring is 1. The largest absolute Gasteiger partial charge is 0.469 e. The quantitative estimate of drug-likeness (QED) is 0.406. The lowest BCUT2D eigenvalue weighted by molar-refractivity contribution is 0.193. The van der Waals surface area contributed by atoms with Crippen LogP contribution in [-0.2, 0) is 15.6 Å². The SMILES string of the molecule is Nc1nc(Cl)nc2c1ncn2CCCCOP(=O)(O)O. The van der Waals surface area contributed by atoms with Crippen molar-refractivity contribution in [3.05, 3.63) is 11.6 Å². The Morgan fingerprint density at radius 1 is 1.40 bits per heavy atom. The van der Waals surface area contributed by atoms with E-state index < -0.39 is 7.82 Å². The van der Waals surface area contributed by atoms with Crippen LogP contribution in [0.4, 0.5) is 5.82 Å². The van der Waals surface area contributed by atoms with E-state index in [1.807, 2.05) is 0 Å². The lowest BCUT2D eigenvalue weighted by Gasteiger charge is -2.06. The van der Waals surface area contributed by atoms with Gasteiger partial charge >= 0.3 is 7.82 Å². The molecular formula is C9H13ClN5O4P. The molecule has 0 fully saturated rings. The number of aromatic nitrogens is 4. The van der Waals surface area contributed by atoms with Gasteiger partial charge < -0.3 is 20.1 Å². The number of unbranched alkanes of at least 4 members (excludes halogenated alkanes) is 1. The fourth-order valence-electron chi connectivity index (χ4n) is 1.67. The van der Waals surface area contributed by atoms with E-state index in [0.29, 0.717) is 30.6 Å². The van der Waals surface area contributed by atoms with E-state index in [4.69, 9.17) is 27.1 Å². The van der Waals surface area contributed by atoms with Gasteiger partial charge in [-0.1, -0.05) is 0 Å². The van der Waals surface area contributed by atoms with E-state index in [0.717, 1.165) is 0 Å². The number of fused-ring (bicyclic) bond motifs is 1. The third-order valence-corrected chi connectivity index (χ3v) is 3.20. The number of aryl methyl sites for hydroxylation is 1. The molecule has 4 N–H and O–H groups in total. The Kier molecular flexibility index (Phi) is 4.56. The van der Waals surface area contributed by atoms with Crippen LogP contribution in [-0.4, -0.2) is 35.9 Å². The molecule has 0 aliphatic carbocycles. The molecule has 0 amide bonds. The zero-order valence-electron chi connectivity index (χ0n) is 10.3. The van der Waals surface area contributed by atoms with Gasteiger partial charge in [-0.05, 0) is 24.4 Å². The number of phosphoric acid groups is 1. The Balaban J connectivity index is 1.95. The minimum atomic E-state index is -4.39. The van der Waals surface area contributed by atoms with Gasteiger partial charge in [0.1, 0.15) is 5.52 Å². The molecule has 0 bridgehead atoms. The molecule has 0 atom stereocenters. The minimum absolute atomic E-state index is 0.0191. The van der Waals surface area contributed by atoms with Crippen molar-refractivity contribution in [1.29, 1.82) is 0 Å². The number of phosphoric ester groups is 1. The Hall–Kier alpha value is -1.25. The molecule has 20 heavy (non-hydrogen) atoms. The molecule has 0 spiro atoms. The van der Waals surface area contributed by atoms with Gasteiger partial charge in [-0.25, -0.2) is 9.55 Å². The molecular weight excluding hydrogens is 309 g/mol. The van der Waals surface area contributed by atoms with E-state index >= 15 is 0 Å². The molecule has 2 rings (SSSR count). The first-order valence-electron chi connectivity index (χ1n) is 5.71. The van der Waals surface area contributed by atoms with Crippen LogP contribution >= 0.6 is 19.4 Å². The molecule has 2 aromatic rings. The van der Waals surface area contributed by atoms with Gasteiger partial charge in [-0.3, -0.25) is 4.52 Å². The molecule has 110 valence electrons. The molecule has 0 saturated carbocycles. The van der Waals surface area contributed by atoms with E-state index in [2.05, 4.69) is 19.5 Å². The molecule has 0 aliphatic rings. The van der Waals surface area contributed by atoms with Crippen molar-refractivity contribution in [2.45, 2.75) is 19.4 Å². The summed E-state index contributed by atoms with van der Waals surface area (Å²) >= 11 is 5.74. The number of imidazole rings is 1. The second-order valence-corrected chi connectivity index (χ2v) is 5.60. The molecule has 0 saturated heterocycles. The second kappa shape index (κ2) is 6.02. The minimum Gasteiger partial charge on any atom is -0.382 e. The lowest BCUT2D eigenvalue weighted by Crippen LogP contribution is -2.02. The summed E-state index contributed by atoms with van der Waals surface area (Å²) in [5.74, 6) is 0.212. The first-order valence-corrected chi connectivity index (χ1v) is 7.61. The van der Waals surface area contributed by atoms with Gasteiger partial charge in [-0.2, -0.15) is 9.97 Å². The van der Waals surface area contributed by atoms with Crippen molar-refractivity contribution in [2.75, 3.05) is 12.3 Å². The van der Waals surface area contributed by atoms with E-state index in [-0.39, 0.29) is 17.7 Å². The van der Waals surface area contributed by atoms with Crippen LogP contribution in [0.5, 0.6) is 0 Å². The maximum atomic E-state index is 10.5. The van der Waals surface area contributed by atoms with Gasteiger partial charge in [0.05, 0.1) is 12.9 Å². The number of rotatable bonds is 6. The number of nitrogens with zero attached hydrogens (tertiary/aromatic N) is 4. The van der Waals surface area contributed by atoms with E-state index in [1.165, 1.54) is 0 Å². The first kappa shape index (κ1) is 15.1. The smallest absolute Gasteiger partial charge is 0.382 e. The number of hydrogen-bond donors (Lipinski definition) is 3. The number of nitrogens with two attached hydrogens (primary N) is 1. The molecule has 9 nitrogen and oxygen atoms in total. The highest BCUT2D eigenvalue weighted by atomic mass is 35.5. The molecule has 0 radical (unpaired) electrons. The maximum absolute atomic E-state index is 10.5. The van der Waals surface area contributed by atoms with E-state index in [9.17, 15) is 4.57 Å². The molecule has 0 unspecified atom stereocenters. The molecule has 2 heterocycles. The average Bonchev–Trinajstić information content (AvgIpc) is 2.70. The summed E-state index contributed by atoms with van der Waals surface area (Å²) in [6.07, 6.45) is 2.68. The van der Waals surface area contributed by atoms with Crippen LogP contribution in [0.25, 0.3) is 11.2 Å². The van der Waals surface area contributed by atoms with Gasteiger partial charge in [0.25, 0.3) is 0 Å². The van der Waals surface area contributed by atoms with Crippen molar-refractivity contribution >= 4 is 36.4 Å². The van der Waals surface area contributed by atoms with Gasteiger partial charge in [-0.15, -0.1) is 0 Å².